The molecule has 3 N–H and O–H groups in total. The minimum Gasteiger partial charge on any atom is -0.495 e. The van der Waals surface area contributed by atoms with Crippen LogP contribution in [0.5, 0.6) is 5.75 Å². The number of nitrogens with one attached hydrogen (secondary N) is 3. The first-order valence-corrected chi connectivity index (χ1v) is 10.2. The predicted octanol–water partition coefficient (Wildman–Crippen LogP) is 5.00. The normalized spacial score (nSPS) is 10.4. The second-order valence-corrected chi connectivity index (χ2v) is 7.14. The molecular weight excluding hydrogens is 390 g/mol. The van der Waals surface area contributed by atoms with Crippen molar-refractivity contribution in [3.63, 3.8) is 0 Å². The summed E-state index contributed by atoms with van der Waals surface area (Å²) < 4.78 is 5.31. The molecule has 160 valence electrons. The van der Waals surface area contributed by atoms with Gasteiger partial charge in [-0.2, -0.15) is 0 Å². The van der Waals surface area contributed by atoms with Crippen molar-refractivity contribution in [2.75, 3.05) is 24.3 Å². The van der Waals surface area contributed by atoms with Crippen molar-refractivity contribution < 1.29 is 14.3 Å². The molecule has 0 atom stereocenters. The topological polar surface area (TPSA) is 79.5 Å². The molecule has 3 aromatic rings. The number of carbonyl (C=O) groups is 2. The Hall–Kier alpha value is -3.80. The van der Waals surface area contributed by atoms with Crippen LogP contribution in [0.25, 0.3) is 0 Å². The van der Waals surface area contributed by atoms with Crippen LogP contribution in [0.1, 0.15) is 30.4 Å². The molecule has 0 bridgehead atoms. The number of carbonyl (C=O) groups excluding carboxylic acids is 2. The molecule has 0 aliphatic heterocycles. The van der Waals surface area contributed by atoms with E-state index < -0.39 is 0 Å². The predicted molar refractivity (Wildman–Crippen MR) is 124 cm³/mol. The third-order valence-electron chi connectivity index (χ3n) is 4.89. The summed E-state index contributed by atoms with van der Waals surface area (Å²) in [5, 5.41) is 8.42. The van der Waals surface area contributed by atoms with E-state index in [4.69, 9.17) is 4.74 Å². The third-order valence-corrected chi connectivity index (χ3v) is 4.89. The van der Waals surface area contributed by atoms with Crippen LogP contribution in [-0.4, -0.2) is 25.6 Å². The van der Waals surface area contributed by atoms with Crippen molar-refractivity contribution >= 4 is 23.3 Å². The fourth-order valence-electron chi connectivity index (χ4n) is 3.48. The third kappa shape index (κ3) is 6.34. The van der Waals surface area contributed by atoms with Crippen molar-refractivity contribution in [2.45, 2.75) is 19.3 Å². The number of benzene rings is 3. The van der Waals surface area contributed by atoms with Gasteiger partial charge >= 0.3 is 6.03 Å². The fourth-order valence-corrected chi connectivity index (χ4v) is 3.48. The quantitative estimate of drug-likeness (QED) is 0.483. The molecule has 6 nitrogen and oxygen atoms in total. The maximum atomic E-state index is 12.5. The smallest absolute Gasteiger partial charge is 0.319 e. The minimum absolute atomic E-state index is 0.181. The van der Waals surface area contributed by atoms with Crippen LogP contribution in [0.4, 0.5) is 16.2 Å². The molecule has 0 saturated carbocycles. The Bertz CT molecular complexity index is 968. The number of rotatable bonds is 8. The zero-order valence-corrected chi connectivity index (χ0v) is 17.7. The zero-order valence-electron chi connectivity index (χ0n) is 17.7. The molecule has 0 aliphatic rings. The van der Waals surface area contributed by atoms with Gasteiger partial charge in [-0.05, 0) is 35.7 Å². The maximum absolute atomic E-state index is 12.5. The average molecular weight is 418 g/mol. The summed E-state index contributed by atoms with van der Waals surface area (Å²) in [6, 6.07) is 25.3. The average Bonchev–Trinajstić information content (AvgIpc) is 2.78. The van der Waals surface area contributed by atoms with E-state index in [1.165, 1.54) is 25.2 Å². The molecular formula is C25H27N3O3. The molecule has 0 spiro atoms. The lowest BCUT2D eigenvalue weighted by atomic mass is 9.88. The van der Waals surface area contributed by atoms with Crippen molar-refractivity contribution in [3.05, 3.63) is 90.0 Å². The van der Waals surface area contributed by atoms with E-state index in [2.05, 4.69) is 40.2 Å². The largest absolute Gasteiger partial charge is 0.495 e. The molecule has 0 saturated heterocycles. The zero-order chi connectivity index (χ0) is 22.1. The summed E-state index contributed by atoms with van der Waals surface area (Å²) in [5.74, 6) is 0.504. The Morgan fingerprint density at radius 1 is 0.871 bits per heavy atom. The van der Waals surface area contributed by atoms with E-state index in [1.807, 2.05) is 36.4 Å². The molecule has 31 heavy (non-hydrogen) atoms. The molecule has 0 fully saturated rings. The highest BCUT2D eigenvalue weighted by atomic mass is 16.5. The van der Waals surface area contributed by atoms with E-state index in [1.54, 1.807) is 18.2 Å². The molecule has 0 unspecified atom stereocenters. The summed E-state index contributed by atoms with van der Waals surface area (Å²) in [7, 11) is 1.53. The van der Waals surface area contributed by atoms with Crippen LogP contribution < -0.4 is 20.7 Å². The Labute approximate surface area is 182 Å². The van der Waals surface area contributed by atoms with Gasteiger partial charge in [0.15, 0.2) is 0 Å². The van der Waals surface area contributed by atoms with Crippen LogP contribution in [0, 0.1) is 0 Å². The van der Waals surface area contributed by atoms with Crippen LogP contribution >= 0.6 is 0 Å². The molecule has 0 radical (unpaired) electrons. The van der Waals surface area contributed by atoms with Crippen LogP contribution in [0.3, 0.4) is 0 Å². The van der Waals surface area contributed by atoms with Gasteiger partial charge in [-0.3, -0.25) is 4.79 Å². The fraction of sp³-hybridized carbons (Fsp3) is 0.200. The van der Waals surface area contributed by atoms with E-state index in [0.29, 0.717) is 23.7 Å². The first-order chi connectivity index (χ1) is 15.1. The highest BCUT2D eigenvalue weighted by Crippen LogP contribution is 2.29. The Morgan fingerprint density at radius 2 is 1.48 bits per heavy atom. The Kier molecular flexibility index (Phi) is 7.65. The van der Waals surface area contributed by atoms with Gasteiger partial charge in [-0.25, -0.2) is 4.79 Å². The first kappa shape index (κ1) is 21.9. The number of amides is 3. The minimum atomic E-state index is -0.335. The highest BCUT2D eigenvalue weighted by molar-refractivity contribution is 5.94. The number of anilines is 2. The molecule has 0 aliphatic carbocycles. The van der Waals surface area contributed by atoms with Crippen molar-refractivity contribution in [1.82, 2.24) is 5.32 Å². The molecule has 6 heteroatoms. The summed E-state index contributed by atoms with van der Waals surface area (Å²) >= 11 is 0. The van der Waals surface area contributed by atoms with Gasteiger partial charge in [0.25, 0.3) is 0 Å². The Balaban J connectivity index is 1.64. The van der Waals surface area contributed by atoms with E-state index in [9.17, 15) is 9.59 Å². The maximum Gasteiger partial charge on any atom is 0.319 e. The number of urea groups is 1. The molecule has 0 heterocycles. The number of ether oxygens (including phenoxy) is 1. The lowest BCUT2D eigenvalue weighted by Gasteiger charge is -2.19. The van der Waals surface area contributed by atoms with Crippen LogP contribution in [0.2, 0.25) is 0 Å². The lowest BCUT2D eigenvalue weighted by Crippen LogP contribution is -2.30. The van der Waals surface area contributed by atoms with Gasteiger partial charge in [0.1, 0.15) is 5.75 Å². The summed E-state index contributed by atoms with van der Waals surface area (Å²) in [4.78, 5) is 23.8. The number of hydrogen-bond donors (Lipinski definition) is 3. The Morgan fingerprint density at radius 3 is 2.03 bits per heavy atom. The number of methoxy groups -OCH3 is 1. The second kappa shape index (κ2) is 10.8. The van der Waals surface area contributed by atoms with Gasteiger partial charge < -0.3 is 20.7 Å². The van der Waals surface area contributed by atoms with E-state index in [0.717, 1.165) is 6.42 Å². The summed E-state index contributed by atoms with van der Waals surface area (Å²) in [5.41, 5.74) is 3.48. The molecule has 3 rings (SSSR count). The van der Waals surface area contributed by atoms with Crippen molar-refractivity contribution in [3.8, 4) is 5.75 Å². The van der Waals surface area contributed by atoms with E-state index >= 15 is 0 Å². The highest BCUT2D eigenvalue weighted by Gasteiger charge is 2.15. The van der Waals surface area contributed by atoms with Crippen LogP contribution in [0.15, 0.2) is 78.9 Å². The lowest BCUT2D eigenvalue weighted by molar-refractivity contribution is -0.114. The standard InChI is InChI=1S/C25H27N3O3/c1-18(29)27-21-13-14-24(31-2)23(17-21)28-25(30)26-16-15-22(19-9-5-3-6-10-19)20-11-7-4-8-12-20/h3-14,17,22H,15-16H2,1-2H3,(H,27,29)(H2,26,28,30). The van der Waals surface area contributed by atoms with E-state index in [-0.39, 0.29) is 17.9 Å². The number of hydrogen-bond acceptors (Lipinski definition) is 3. The van der Waals surface area contributed by atoms with Gasteiger partial charge in [-0.1, -0.05) is 60.7 Å². The van der Waals surface area contributed by atoms with Crippen molar-refractivity contribution in [2.24, 2.45) is 0 Å². The SMILES string of the molecule is COc1ccc(NC(C)=O)cc1NC(=O)NCCC(c1ccccc1)c1ccccc1. The molecule has 3 aromatic carbocycles. The monoisotopic (exact) mass is 417 g/mol. The van der Waals surface area contributed by atoms with Gasteiger partial charge in [-0.15, -0.1) is 0 Å². The van der Waals surface area contributed by atoms with Gasteiger partial charge in [0.2, 0.25) is 5.91 Å². The molecule has 3 amide bonds. The van der Waals surface area contributed by atoms with Crippen LogP contribution in [-0.2, 0) is 4.79 Å². The molecule has 0 aromatic heterocycles. The van der Waals surface area contributed by atoms with Crippen molar-refractivity contribution in [1.29, 1.82) is 0 Å². The second-order valence-electron chi connectivity index (χ2n) is 7.14. The summed E-state index contributed by atoms with van der Waals surface area (Å²) in [6.07, 6.45) is 0.754. The summed E-state index contributed by atoms with van der Waals surface area (Å²) in [6.45, 7) is 1.92. The first-order valence-electron chi connectivity index (χ1n) is 10.2. The van der Waals surface area contributed by atoms with Gasteiger partial charge in [0, 0.05) is 25.1 Å². The van der Waals surface area contributed by atoms with Gasteiger partial charge in [0.05, 0.1) is 12.8 Å².